The van der Waals surface area contributed by atoms with Gasteiger partial charge in [0.2, 0.25) is 10.0 Å². The van der Waals surface area contributed by atoms with E-state index < -0.39 is 10.0 Å². The summed E-state index contributed by atoms with van der Waals surface area (Å²) in [6.07, 6.45) is 3.94. The van der Waals surface area contributed by atoms with Crippen LogP contribution < -0.4 is 10.3 Å². The van der Waals surface area contributed by atoms with Crippen molar-refractivity contribution in [2.45, 2.75) is 25.8 Å². The number of nitrogens with zero attached hydrogens (tertiary/aromatic N) is 2. The topological polar surface area (TPSA) is 81.1 Å². The first kappa shape index (κ1) is 12.3. The van der Waals surface area contributed by atoms with Crippen LogP contribution in [0.15, 0.2) is 10.9 Å². The summed E-state index contributed by atoms with van der Waals surface area (Å²) in [7, 11) is -3.21. The van der Waals surface area contributed by atoms with Crippen LogP contribution in [0.5, 0.6) is 0 Å². The van der Waals surface area contributed by atoms with Crippen molar-refractivity contribution in [2.24, 2.45) is 0 Å². The van der Waals surface area contributed by atoms with Crippen LogP contribution in [0, 0.1) is 0 Å². The van der Waals surface area contributed by atoms with E-state index in [0.717, 1.165) is 36.8 Å². The highest BCUT2D eigenvalue weighted by atomic mass is 32.2. The first-order valence-electron chi connectivity index (χ1n) is 5.50. The molecule has 0 saturated carbocycles. The molecule has 17 heavy (non-hydrogen) atoms. The third-order valence-corrected chi connectivity index (χ3v) is 3.44. The van der Waals surface area contributed by atoms with E-state index in [2.05, 4.69) is 9.82 Å². The van der Waals surface area contributed by atoms with Gasteiger partial charge in [-0.25, -0.2) is 17.8 Å². The van der Waals surface area contributed by atoms with Crippen LogP contribution in [0.4, 0.5) is 0 Å². The summed E-state index contributed by atoms with van der Waals surface area (Å²) in [5, 5.41) is 4.24. The minimum absolute atomic E-state index is 0.166. The van der Waals surface area contributed by atoms with Crippen LogP contribution in [-0.4, -0.2) is 31.0 Å². The molecule has 94 valence electrons. The van der Waals surface area contributed by atoms with E-state index in [0.29, 0.717) is 0 Å². The van der Waals surface area contributed by atoms with Crippen molar-refractivity contribution in [1.82, 2.24) is 14.5 Å². The maximum absolute atomic E-state index is 11.7. The molecule has 0 atom stereocenters. The van der Waals surface area contributed by atoms with Gasteiger partial charge in [0.15, 0.2) is 0 Å². The van der Waals surface area contributed by atoms with Crippen LogP contribution in [0.3, 0.4) is 0 Å². The van der Waals surface area contributed by atoms with Crippen LogP contribution >= 0.6 is 0 Å². The molecule has 0 spiro atoms. The molecule has 6 nitrogen and oxygen atoms in total. The Morgan fingerprint density at radius 1 is 1.47 bits per heavy atom. The maximum Gasteiger partial charge on any atom is 0.267 e. The molecule has 0 aromatic carbocycles. The van der Waals surface area contributed by atoms with Gasteiger partial charge in [-0.05, 0) is 24.8 Å². The summed E-state index contributed by atoms with van der Waals surface area (Å²) in [5.41, 5.74) is 1.83. The fraction of sp³-hybridized carbons (Fsp3) is 0.600. The van der Waals surface area contributed by atoms with Gasteiger partial charge in [0.1, 0.15) is 0 Å². The molecular weight excluding hydrogens is 242 g/mol. The zero-order valence-corrected chi connectivity index (χ0v) is 10.5. The third-order valence-electron chi connectivity index (χ3n) is 2.71. The summed E-state index contributed by atoms with van der Waals surface area (Å²) in [4.78, 5) is 11.7. The number of nitrogens with one attached hydrogen (secondary N) is 1. The Morgan fingerprint density at radius 2 is 2.24 bits per heavy atom. The Labute approximate surface area is 99.7 Å². The summed E-state index contributed by atoms with van der Waals surface area (Å²) in [6.45, 7) is 0.448. The first-order valence-corrected chi connectivity index (χ1v) is 7.39. The van der Waals surface area contributed by atoms with Crippen molar-refractivity contribution in [3.63, 3.8) is 0 Å². The predicted octanol–water partition coefficient (Wildman–Crippen LogP) is -0.719. The maximum atomic E-state index is 11.7. The number of rotatable bonds is 4. The van der Waals surface area contributed by atoms with Crippen molar-refractivity contribution in [2.75, 3.05) is 12.8 Å². The number of hydrogen-bond donors (Lipinski definition) is 1. The van der Waals surface area contributed by atoms with Gasteiger partial charge in [-0.15, -0.1) is 0 Å². The van der Waals surface area contributed by atoms with Gasteiger partial charge < -0.3 is 0 Å². The van der Waals surface area contributed by atoms with Crippen LogP contribution in [0.25, 0.3) is 0 Å². The zero-order chi connectivity index (χ0) is 12.5. The quantitative estimate of drug-likeness (QED) is 0.772. The van der Waals surface area contributed by atoms with E-state index in [4.69, 9.17) is 0 Å². The van der Waals surface area contributed by atoms with E-state index in [-0.39, 0.29) is 18.6 Å². The smallest absolute Gasteiger partial charge is 0.267 e. The second kappa shape index (κ2) is 4.58. The molecule has 1 aromatic heterocycles. The lowest BCUT2D eigenvalue weighted by molar-refractivity contribution is 0.544. The van der Waals surface area contributed by atoms with Gasteiger partial charge >= 0.3 is 0 Å². The SMILES string of the molecule is CS(=O)(=O)NCCn1nc2c(cc1=O)CCC2. The fourth-order valence-corrected chi connectivity index (χ4v) is 2.40. The molecule has 1 N–H and O–H groups in total. The summed E-state index contributed by atoms with van der Waals surface area (Å²) < 4.78 is 25.4. The lowest BCUT2D eigenvalue weighted by atomic mass is 10.2. The molecule has 1 aliphatic carbocycles. The molecule has 1 aromatic rings. The molecule has 0 radical (unpaired) electrons. The van der Waals surface area contributed by atoms with Crippen molar-refractivity contribution in [3.05, 3.63) is 27.7 Å². The molecule has 0 amide bonds. The Kier molecular flexibility index (Phi) is 3.30. The molecule has 0 bridgehead atoms. The molecule has 0 unspecified atom stereocenters. The molecule has 1 heterocycles. The van der Waals surface area contributed by atoms with E-state index in [1.165, 1.54) is 4.68 Å². The molecule has 0 saturated heterocycles. The van der Waals surface area contributed by atoms with Gasteiger partial charge in [0.05, 0.1) is 18.5 Å². The van der Waals surface area contributed by atoms with E-state index >= 15 is 0 Å². The minimum Gasteiger partial charge on any atom is -0.268 e. The fourth-order valence-electron chi connectivity index (χ4n) is 1.94. The normalized spacial score (nSPS) is 14.9. The zero-order valence-electron chi connectivity index (χ0n) is 9.64. The first-order chi connectivity index (χ1) is 7.96. The van der Waals surface area contributed by atoms with Crippen LogP contribution in [0.1, 0.15) is 17.7 Å². The highest BCUT2D eigenvalue weighted by Gasteiger charge is 2.14. The molecule has 1 aliphatic rings. The lowest BCUT2D eigenvalue weighted by Gasteiger charge is -2.07. The third kappa shape index (κ3) is 3.13. The second-order valence-corrected chi connectivity index (χ2v) is 6.03. The molecule has 7 heteroatoms. The molecule has 2 rings (SSSR count). The molecular formula is C10H15N3O3S. The number of fused-ring (bicyclic) bond motifs is 1. The Morgan fingerprint density at radius 3 is 2.94 bits per heavy atom. The van der Waals surface area contributed by atoms with Gasteiger partial charge in [-0.1, -0.05) is 0 Å². The highest BCUT2D eigenvalue weighted by Crippen LogP contribution is 2.16. The number of sulfonamides is 1. The standard InChI is InChI=1S/C10H15N3O3S/c1-17(15,16)11-5-6-13-10(14)7-8-3-2-4-9(8)12-13/h7,11H,2-6H2,1H3. The minimum atomic E-state index is -3.21. The number of hydrogen-bond acceptors (Lipinski definition) is 4. The van der Waals surface area contributed by atoms with E-state index in [9.17, 15) is 13.2 Å². The highest BCUT2D eigenvalue weighted by molar-refractivity contribution is 7.88. The average Bonchev–Trinajstić information content (AvgIpc) is 2.63. The monoisotopic (exact) mass is 257 g/mol. The van der Waals surface area contributed by atoms with Crippen molar-refractivity contribution in [3.8, 4) is 0 Å². The van der Waals surface area contributed by atoms with E-state index in [1.54, 1.807) is 6.07 Å². The van der Waals surface area contributed by atoms with Crippen LogP contribution in [0.2, 0.25) is 0 Å². The summed E-state index contributed by atoms with van der Waals surface area (Å²) in [6, 6.07) is 1.61. The largest absolute Gasteiger partial charge is 0.268 e. The molecule has 0 fully saturated rings. The average molecular weight is 257 g/mol. The predicted molar refractivity (Wildman–Crippen MR) is 63.4 cm³/mol. The van der Waals surface area contributed by atoms with Crippen molar-refractivity contribution < 1.29 is 8.42 Å². The van der Waals surface area contributed by atoms with Gasteiger partial charge in [-0.3, -0.25) is 4.79 Å². The Balaban J connectivity index is 2.09. The lowest BCUT2D eigenvalue weighted by Crippen LogP contribution is -2.31. The van der Waals surface area contributed by atoms with Crippen LogP contribution in [-0.2, 0) is 29.4 Å². The van der Waals surface area contributed by atoms with Gasteiger partial charge in [0.25, 0.3) is 5.56 Å². The van der Waals surface area contributed by atoms with Crippen molar-refractivity contribution in [1.29, 1.82) is 0 Å². The number of aromatic nitrogens is 2. The number of aryl methyl sites for hydroxylation is 2. The summed E-state index contributed by atoms with van der Waals surface area (Å²) in [5.74, 6) is 0. The summed E-state index contributed by atoms with van der Waals surface area (Å²) >= 11 is 0. The van der Waals surface area contributed by atoms with E-state index in [1.807, 2.05) is 0 Å². The van der Waals surface area contributed by atoms with Gasteiger partial charge in [0, 0.05) is 12.6 Å². The molecule has 0 aliphatic heterocycles. The second-order valence-electron chi connectivity index (χ2n) is 4.20. The Bertz CT molecular complexity index is 577. The Hall–Kier alpha value is -1.21. The van der Waals surface area contributed by atoms with Crippen molar-refractivity contribution >= 4 is 10.0 Å². The van der Waals surface area contributed by atoms with Gasteiger partial charge in [-0.2, -0.15) is 5.10 Å².